The van der Waals surface area contributed by atoms with Crippen LogP contribution in [-0.2, 0) is 11.3 Å². The Kier molecular flexibility index (Phi) is 5.49. The van der Waals surface area contributed by atoms with Gasteiger partial charge in [0, 0.05) is 5.56 Å². The molecule has 2 heterocycles. The Morgan fingerprint density at radius 3 is 2.67 bits per heavy atom. The van der Waals surface area contributed by atoms with Gasteiger partial charge >= 0.3 is 5.97 Å². The van der Waals surface area contributed by atoms with Gasteiger partial charge in [-0.3, -0.25) is 4.68 Å². The van der Waals surface area contributed by atoms with Crippen molar-refractivity contribution >= 4 is 28.6 Å². The number of halogens is 1. The highest BCUT2D eigenvalue weighted by atomic mass is 35.5. The van der Waals surface area contributed by atoms with E-state index < -0.39 is 12.6 Å². The van der Waals surface area contributed by atoms with Gasteiger partial charge in [0.15, 0.2) is 17.6 Å². The molecule has 0 saturated carbocycles. The van der Waals surface area contributed by atoms with Crippen LogP contribution in [0.1, 0.15) is 5.56 Å². The first kappa shape index (κ1) is 19.7. The third-order valence-electron chi connectivity index (χ3n) is 4.33. The number of fused-ring (bicyclic) bond motifs is 1. The van der Waals surface area contributed by atoms with Crippen LogP contribution >= 0.6 is 11.6 Å². The lowest BCUT2D eigenvalue weighted by Crippen LogP contribution is -2.09. The van der Waals surface area contributed by atoms with Crippen molar-refractivity contribution < 1.29 is 19.4 Å². The molecule has 9 heteroatoms. The minimum absolute atomic E-state index is 0.236. The zero-order valence-electron chi connectivity index (χ0n) is 15.9. The monoisotopic (exact) mass is 424 g/mol. The van der Waals surface area contributed by atoms with E-state index in [1.165, 1.54) is 0 Å². The number of rotatable bonds is 7. The highest BCUT2D eigenvalue weighted by Gasteiger charge is 2.13. The SMILES string of the molecule is COc1ccc(Cn2cc3nc(-c4cccc(OCC(=O)O)c4)nc(Cl)c3n2)cc1. The summed E-state index contributed by atoms with van der Waals surface area (Å²) in [7, 11) is 1.63. The van der Waals surface area contributed by atoms with E-state index in [0.29, 0.717) is 34.7 Å². The van der Waals surface area contributed by atoms with Crippen LogP contribution in [0.25, 0.3) is 22.4 Å². The zero-order chi connectivity index (χ0) is 21.1. The average molecular weight is 425 g/mol. The van der Waals surface area contributed by atoms with Crippen LogP contribution in [0.15, 0.2) is 54.7 Å². The van der Waals surface area contributed by atoms with E-state index >= 15 is 0 Å². The van der Waals surface area contributed by atoms with Crippen LogP contribution in [0.3, 0.4) is 0 Å². The van der Waals surface area contributed by atoms with E-state index in [4.69, 9.17) is 26.2 Å². The molecule has 0 unspecified atom stereocenters. The smallest absolute Gasteiger partial charge is 0.341 e. The summed E-state index contributed by atoms with van der Waals surface area (Å²) < 4.78 is 12.2. The van der Waals surface area contributed by atoms with E-state index in [0.717, 1.165) is 11.3 Å². The molecule has 1 N–H and O–H groups in total. The Labute approximate surface area is 176 Å². The molecule has 0 saturated heterocycles. The van der Waals surface area contributed by atoms with E-state index in [2.05, 4.69) is 15.1 Å². The number of ether oxygens (including phenoxy) is 2. The number of hydrogen-bond acceptors (Lipinski definition) is 6. The molecule has 8 nitrogen and oxygen atoms in total. The van der Waals surface area contributed by atoms with Crippen LogP contribution in [0.5, 0.6) is 11.5 Å². The molecule has 0 aliphatic heterocycles. The first-order valence-corrected chi connectivity index (χ1v) is 9.38. The van der Waals surface area contributed by atoms with Gasteiger partial charge < -0.3 is 14.6 Å². The summed E-state index contributed by atoms with van der Waals surface area (Å²) in [5.74, 6) is 0.546. The number of benzene rings is 2. The van der Waals surface area contributed by atoms with Gasteiger partial charge in [0.1, 0.15) is 22.5 Å². The van der Waals surface area contributed by atoms with Gasteiger partial charge in [-0.15, -0.1) is 0 Å². The van der Waals surface area contributed by atoms with Crippen molar-refractivity contribution in [1.82, 2.24) is 19.7 Å². The lowest BCUT2D eigenvalue weighted by atomic mass is 10.2. The van der Waals surface area contributed by atoms with Crippen molar-refractivity contribution in [2.75, 3.05) is 13.7 Å². The Bertz CT molecular complexity index is 1210. The number of methoxy groups -OCH3 is 1. The molecular weight excluding hydrogens is 408 g/mol. The van der Waals surface area contributed by atoms with Crippen molar-refractivity contribution in [1.29, 1.82) is 0 Å². The second-order valence-corrected chi connectivity index (χ2v) is 6.81. The predicted octanol–water partition coefficient (Wildman–Crippen LogP) is 3.67. The van der Waals surface area contributed by atoms with Crippen molar-refractivity contribution in [2.24, 2.45) is 0 Å². The lowest BCUT2D eigenvalue weighted by molar-refractivity contribution is -0.139. The first-order valence-electron chi connectivity index (χ1n) is 9.00. The maximum atomic E-state index is 10.7. The topological polar surface area (TPSA) is 99.4 Å². The molecule has 0 aliphatic carbocycles. The number of nitrogens with zero attached hydrogens (tertiary/aromatic N) is 4. The average Bonchev–Trinajstić information content (AvgIpc) is 3.16. The van der Waals surface area contributed by atoms with Crippen LogP contribution < -0.4 is 9.47 Å². The van der Waals surface area contributed by atoms with Crippen LogP contribution in [0, 0.1) is 0 Å². The fraction of sp³-hybridized carbons (Fsp3) is 0.143. The predicted molar refractivity (Wildman–Crippen MR) is 111 cm³/mol. The van der Waals surface area contributed by atoms with Crippen molar-refractivity contribution in [3.05, 3.63) is 65.4 Å². The number of carbonyl (C=O) groups is 1. The summed E-state index contributed by atoms with van der Waals surface area (Å²) in [5.41, 5.74) is 2.82. The zero-order valence-corrected chi connectivity index (χ0v) is 16.7. The fourth-order valence-electron chi connectivity index (χ4n) is 2.92. The van der Waals surface area contributed by atoms with Crippen LogP contribution in [0.4, 0.5) is 0 Å². The van der Waals surface area contributed by atoms with E-state index in [1.807, 2.05) is 24.3 Å². The van der Waals surface area contributed by atoms with Gasteiger partial charge in [0.2, 0.25) is 0 Å². The van der Waals surface area contributed by atoms with Gasteiger partial charge in [0.25, 0.3) is 0 Å². The first-order chi connectivity index (χ1) is 14.5. The summed E-state index contributed by atoms with van der Waals surface area (Å²) in [6, 6.07) is 14.6. The maximum Gasteiger partial charge on any atom is 0.341 e. The summed E-state index contributed by atoms with van der Waals surface area (Å²) in [6.45, 7) is 0.118. The fourth-order valence-corrected chi connectivity index (χ4v) is 3.14. The molecule has 0 spiro atoms. The normalized spacial score (nSPS) is 10.9. The van der Waals surface area contributed by atoms with Gasteiger partial charge in [-0.1, -0.05) is 35.9 Å². The molecule has 2 aromatic carbocycles. The summed E-state index contributed by atoms with van der Waals surface area (Å²) in [4.78, 5) is 19.6. The molecule has 0 bridgehead atoms. The molecule has 0 radical (unpaired) electrons. The van der Waals surface area contributed by atoms with Gasteiger partial charge in [-0.05, 0) is 29.8 Å². The highest BCUT2D eigenvalue weighted by Crippen LogP contribution is 2.26. The molecule has 0 aliphatic rings. The van der Waals surface area contributed by atoms with Gasteiger partial charge in [-0.25, -0.2) is 14.8 Å². The van der Waals surface area contributed by atoms with Crippen molar-refractivity contribution in [2.45, 2.75) is 6.54 Å². The lowest BCUT2D eigenvalue weighted by Gasteiger charge is -2.05. The Balaban J connectivity index is 1.62. The Morgan fingerprint density at radius 1 is 1.13 bits per heavy atom. The minimum atomic E-state index is -1.05. The standard InChI is InChI=1S/C21H17ClN4O4/c1-29-15-7-5-13(6-8-15)10-26-11-17-19(25-26)20(22)24-21(23-17)14-3-2-4-16(9-14)30-12-18(27)28/h2-9,11H,10,12H2,1H3,(H,27,28). The molecule has 0 amide bonds. The minimum Gasteiger partial charge on any atom is -0.497 e. The van der Waals surface area contributed by atoms with Crippen LogP contribution in [-0.4, -0.2) is 44.5 Å². The number of aliphatic carboxylic acids is 1. The molecule has 4 aromatic rings. The largest absolute Gasteiger partial charge is 0.497 e. The summed E-state index contributed by atoms with van der Waals surface area (Å²) in [5, 5.41) is 13.5. The second-order valence-electron chi connectivity index (χ2n) is 6.46. The van der Waals surface area contributed by atoms with Crippen molar-refractivity contribution in [3.8, 4) is 22.9 Å². The number of hydrogen-bond donors (Lipinski definition) is 1. The Hall–Kier alpha value is -3.65. The van der Waals surface area contributed by atoms with Crippen LogP contribution in [0.2, 0.25) is 5.15 Å². The molecular formula is C21H17ClN4O4. The summed E-state index contributed by atoms with van der Waals surface area (Å²) in [6.07, 6.45) is 1.81. The highest BCUT2D eigenvalue weighted by molar-refractivity contribution is 6.33. The van der Waals surface area contributed by atoms with Gasteiger partial charge in [-0.2, -0.15) is 5.10 Å². The molecule has 152 valence electrons. The molecule has 0 fully saturated rings. The van der Waals surface area contributed by atoms with E-state index in [-0.39, 0.29) is 5.15 Å². The third-order valence-corrected chi connectivity index (χ3v) is 4.59. The molecule has 30 heavy (non-hydrogen) atoms. The van der Waals surface area contributed by atoms with E-state index in [1.54, 1.807) is 42.3 Å². The summed E-state index contributed by atoms with van der Waals surface area (Å²) >= 11 is 6.36. The number of aromatic nitrogens is 4. The molecule has 4 rings (SSSR count). The number of carboxylic acid groups (broad SMARTS) is 1. The second kappa shape index (κ2) is 8.38. The van der Waals surface area contributed by atoms with Crippen molar-refractivity contribution in [3.63, 3.8) is 0 Å². The number of carboxylic acids is 1. The Morgan fingerprint density at radius 2 is 1.93 bits per heavy atom. The maximum absolute atomic E-state index is 10.7. The van der Waals surface area contributed by atoms with Gasteiger partial charge in [0.05, 0.1) is 19.9 Å². The quantitative estimate of drug-likeness (QED) is 0.452. The molecule has 2 aromatic heterocycles. The third kappa shape index (κ3) is 4.33. The molecule has 0 atom stereocenters. The van der Waals surface area contributed by atoms with E-state index in [9.17, 15) is 4.79 Å².